The van der Waals surface area contributed by atoms with Gasteiger partial charge in [-0.15, -0.1) is 0 Å². The van der Waals surface area contributed by atoms with Crippen molar-refractivity contribution in [1.29, 1.82) is 0 Å². The highest BCUT2D eigenvalue weighted by Gasteiger charge is 2.39. The van der Waals surface area contributed by atoms with Gasteiger partial charge < -0.3 is 9.69 Å². The van der Waals surface area contributed by atoms with Gasteiger partial charge in [-0.3, -0.25) is 19.7 Å². The van der Waals surface area contributed by atoms with Crippen molar-refractivity contribution in [2.24, 2.45) is 0 Å². The smallest absolute Gasteiger partial charge is 0.255 e. The highest BCUT2D eigenvalue weighted by molar-refractivity contribution is 6.05. The Balaban J connectivity index is 1.51. The first kappa shape index (κ1) is 19.1. The lowest BCUT2D eigenvalue weighted by Crippen LogP contribution is -2.52. The van der Waals surface area contributed by atoms with Gasteiger partial charge in [0.2, 0.25) is 11.8 Å². The number of unbranched alkanes of at least 4 members (excludes halogenated alkanes) is 1. The fourth-order valence-corrected chi connectivity index (χ4v) is 4.01. The number of hydrogen-bond donors (Lipinski definition) is 1. The van der Waals surface area contributed by atoms with Crippen LogP contribution in [0.15, 0.2) is 42.5 Å². The van der Waals surface area contributed by atoms with Gasteiger partial charge in [0.1, 0.15) is 12.3 Å². The summed E-state index contributed by atoms with van der Waals surface area (Å²) < 4.78 is 0. The average Bonchev–Trinajstić information content (AvgIpc) is 3.04. The molecule has 0 aliphatic carbocycles. The first-order valence-corrected chi connectivity index (χ1v) is 9.87. The van der Waals surface area contributed by atoms with Gasteiger partial charge in [-0.25, -0.2) is 0 Å². The van der Waals surface area contributed by atoms with Gasteiger partial charge in [-0.2, -0.15) is 0 Å². The van der Waals surface area contributed by atoms with E-state index in [1.54, 1.807) is 4.90 Å². The number of nitrogens with zero attached hydrogens (tertiary/aromatic N) is 1. The Morgan fingerprint density at radius 2 is 1.79 bits per heavy atom. The molecule has 0 bridgehead atoms. The van der Waals surface area contributed by atoms with Crippen LogP contribution in [0.5, 0.6) is 0 Å². The molecule has 29 heavy (non-hydrogen) atoms. The van der Waals surface area contributed by atoms with Crippen LogP contribution in [-0.4, -0.2) is 34.9 Å². The van der Waals surface area contributed by atoms with Crippen molar-refractivity contribution in [3.8, 4) is 11.1 Å². The predicted octanol–water partition coefficient (Wildman–Crippen LogP) is 2.64. The second-order valence-corrected chi connectivity index (χ2v) is 7.53. The van der Waals surface area contributed by atoms with Crippen molar-refractivity contribution in [2.75, 3.05) is 0 Å². The number of nitrogens with one attached hydrogen (secondary N) is 1. The minimum absolute atomic E-state index is 0.161. The lowest BCUT2D eigenvalue weighted by molar-refractivity contribution is -0.136. The van der Waals surface area contributed by atoms with E-state index >= 15 is 0 Å². The number of benzene rings is 2. The van der Waals surface area contributed by atoms with Crippen LogP contribution in [0.4, 0.5) is 0 Å². The third-order valence-electron chi connectivity index (χ3n) is 5.60. The Morgan fingerprint density at radius 3 is 2.52 bits per heavy atom. The summed E-state index contributed by atoms with van der Waals surface area (Å²) in [6, 6.07) is 13.4. The van der Waals surface area contributed by atoms with E-state index in [4.69, 9.17) is 0 Å². The number of rotatable bonds is 6. The van der Waals surface area contributed by atoms with Gasteiger partial charge in [0, 0.05) is 24.9 Å². The van der Waals surface area contributed by atoms with E-state index in [-0.39, 0.29) is 18.2 Å². The molecule has 2 aromatic carbocycles. The Hall–Kier alpha value is -3.28. The fourth-order valence-electron chi connectivity index (χ4n) is 4.01. The molecule has 1 fully saturated rings. The Labute approximate surface area is 168 Å². The second-order valence-electron chi connectivity index (χ2n) is 7.53. The topological polar surface area (TPSA) is 83.6 Å². The van der Waals surface area contributed by atoms with E-state index in [0.29, 0.717) is 24.9 Å². The second kappa shape index (κ2) is 7.99. The van der Waals surface area contributed by atoms with Gasteiger partial charge >= 0.3 is 0 Å². The third-order valence-corrected chi connectivity index (χ3v) is 5.60. The molecular formula is C23H22N2O4. The van der Waals surface area contributed by atoms with Crippen molar-refractivity contribution in [3.05, 3.63) is 59.2 Å². The van der Waals surface area contributed by atoms with Crippen LogP contribution in [0.3, 0.4) is 0 Å². The van der Waals surface area contributed by atoms with Crippen molar-refractivity contribution in [1.82, 2.24) is 10.2 Å². The average molecular weight is 390 g/mol. The molecule has 0 radical (unpaired) electrons. The third kappa shape index (κ3) is 3.83. The predicted molar refractivity (Wildman–Crippen MR) is 107 cm³/mol. The molecular weight excluding hydrogens is 368 g/mol. The number of fused-ring (bicyclic) bond motifs is 1. The molecule has 148 valence electrons. The number of piperidine rings is 1. The van der Waals surface area contributed by atoms with Crippen molar-refractivity contribution < 1.29 is 19.2 Å². The molecule has 2 heterocycles. The first-order valence-electron chi connectivity index (χ1n) is 9.87. The van der Waals surface area contributed by atoms with Crippen LogP contribution in [0, 0.1) is 0 Å². The summed E-state index contributed by atoms with van der Waals surface area (Å²) in [6.07, 6.45) is 3.85. The van der Waals surface area contributed by atoms with Crippen LogP contribution >= 0.6 is 0 Å². The molecule has 4 rings (SSSR count). The zero-order valence-electron chi connectivity index (χ0n) is 16.0. The SMILES string of the molecule is O=CCCCc1ccc(-c2ccc3c(c2)CN(C2CCC(=O)NC2=O)C3=O)cc1. The van der Waals surface area contributed by atoms with Gasteiger partial charge in [0.25, 0.3) is 5.91 Å². The maximum Gasteiger partial charge on any atom is 0.255 e. The van der Waals surface area contributed by atoms with E-state index in [1.807, 2.05) is 30.3 Å². The summed E-state index contributed by atoms with van der Waals surface area (Å²) in [6.45, 7) is 0.373. The Bertz CT molecular complexity index is 981. The highest BCUT2D eigenvalue weighted by Crippen LogP contribution is 2.31. The molecule has 1 unspecified atom stereocenters. The van der Waals surface area contributed by atoms with Crippen molar-refractivity contribution in [3.63, 3.8) is 0 Å². The van der Waals surface area contributed by atoms with Crippen LogP contribution < -0.4 is 5.32 Å². The number of aryl methyl sites for hydroxylation is 1. The number of imide groups is 1. The lowest BCUT2D eigenvalue weighted by Gasteiger charge is -2.29. The summed E-state index contributed by atoms with van der Waals surface area (Å²) in [5, 5.41) is 2.32. The summed E-state index contributed by atoms with van der Waals surface area (Å²) in [5.41, 5.74) is 4.77. The minimum atomic E-state index is -0.596. The molecule has 1 saturated heterocycles. The van der Waals surface area contributed by atoms with Crippen LogP contribution in [0.25, 0.3) is 11.1 Å². The van der Waals surface area contributed by atoms with Gasteiger partial charge in [-0.1, -0.05) is 30.3 Å². The van der Waals surface area contributed by atoms with Crippen LogP contribution in [0.1, 0.15) is 47.2 Å². The molecule has 6 nitrogen and oxygen atoms in total. The van der Waals surface area contributed by atoms with Crippen molar-refractivity contribution in [2.45, 2.75) is 44.7 Å². The molecule has 2 aromatic rings. The number of amides is 3. The molecule has 2 aliphatic heterocycles. The molecule has 2 aliphatic rings. The standard InChI is InChI=1S/C23H22N2O4/c26-12-2-1-3-15-4-6-16(7-5-15)17-8-9-19-18(13-17)14-25(23(19)29)20-10-11-21(27)24-22(20)28/h4-9,12-13,20H,1-3,10-11,14H2,(H,24,27,28). The van der Waals surface area contributed by atoms with E-state index < -0.39 is 11.9 Å². The van der Waals surface area contributed by atoms with Crippen LogP contribution in [0.2, 0.25) is 0 Å². The zero-order valence-corrected chi connectivity index (χ0v) is 16.0. The normalized spacial score (nSPS) is 18.6. The zero-order chi connectivity index (χ0) is 20.4. The van der Waals surface area contributed by atoms with E-state index in [2.05, 4.69) is 17.4 Å². The van der Waals surface area contributed by atoms with Crippen molar-refractivity contribution >= 4 is 24.0 Å². The van der Waals surface area contributed by atoms with Gasteiger partial charge in [0.05, 0.1) is 0 Å². The Morgan fingerprint density at radius 1 is 1.03 bits per heavy atom. The van der Waals surface area contributed by atoms with E-state index in [1.165, 1.54) is 5.56 Å². The van der Waals surface area contributed by atoms with Gasteiger partial charge in [-0.05, 0) is 53.6 Å². The largest absolute Gasteiger partial charge is 0.322 e. The summed E-state index contributed by atoms with van der Waals surface area (Å²) in [7, 11) is 0. The molecule has 1 atom stereocenters. The maximum atomic E-state index is 12.8. The number of carbonyl (C=O) groups excluding carboxylic acids is 4. The van der Waals surface area contributed by atoms with Gasteiger partial charge in [0.15, 0.2) is 0 Å². The quantitative estimate of drug-likeness (QED) is 0.467. The number of hydrogen-bond acceptors (Lipinski definition) is 4. The molecule has 0 aromatic heterocycles. The molecule has 1 N–H and O–H groups in total. The van der Waals surface area contributed by atoms with E-state index in [0.717, 1.165) is 35.8 Å². The van der Waals surface area contributed by atoms with Crippen LogP contribution in [-0.2, 0) is 27.3 Å². The summed E-state index contributed by atoms with van der Waals surface area (Å²) >= 11 is 0. The highest BCUT2D eigenvalue weighted by atomic mass is 16.2. The minimum Gasteiger partial charge on any atom is -0.322 e. The summed E-state index contributed by atoms with van der Waals surface area (Å²) in [4.78, 5) is 48.3. The Kier molecular flexibility index (Phi) is 5.25. The number of carbonyl (C=O) groups is 4. The molecule has 3 amide bonds. The first-order chi connectivity index (χ1) is 14.1. The number of aldehydes is 1. The lowest BCUT2D eigenvalue weighted by atomic mass is 9.98. The van der Waals surface area contributed by atoms with E-state index in [9.17, 15) is 19.2 Å². The molecule has 6 heteroatoms. The monoisotopic (exact) mass is 390 g/mol. The maximum absolute atomic E-state index is 12.8. The fraction of sp³-hybridized carbons (Fsp3) is 0.304. The molecule has 0 spiro atoms. The summed E-state index contributed by atoms with van der Waals surface area (Å²) in [5.74, 6) is -0.841. The molecule has 0 saturated carbocycles.